The lowest BCUT2D eigenvalue weighted by molar-refractivity contribution is 0.208. The van der Waals surface area contributed by atoms with Crippen molar-refractivity contribution in [1.29, 1.82) is 0 Å². The van der Waals surface area contributed by atoms with Crippen LogP contribution in [0.25, 0.3) is 10.9 Å². The van der Waals surface area contributed by atoms with Crippen LogP contribution in [-0.2, 0) is 6.42 Å². The maximum atomic E-state index is 13.2. The first kappa shape index (κ1) is 24.3. The number of aromatic nitrogens is 2. The van der Waals surface area contributed by atoms with Crippen LogP contribution < -0.4 is 15.0 Å². The molecule has 0 saturated heterocycles. The molecule has 0 spiro atoms. The van der Waals surface area contributed by atoms with Crippen molar-refractivity contribution in [1.82, 2.24) is 9.66 Å². The molecule has 0 bridgehead atoms. The van der Waals surface area contributed by atoms with E-state index in [9.17, 15) is 4.79 Å². The molecular formula is C24H27BrClN3O3. The predicted octanol–water partition coefficient (Wildman–Crippen LogP) is 6.22. The average Bonchev–Trinajstić information content (AvgIpc) is 2.78. The Kier molecular flexibility index (Phi) is 8.32. The van der Waals surface area contributed by atoms with E-state index in [1.54, 1.807) is 31.5 Å². The summed E-state index contributed by atoms with van der Waals surface area (Å²) in [5.74, 6) is 1.63. The number of nitrogens with zero attached hydrogens (tertiary/aromatic N) is 3. The number of methoxy groups -OCH3 is 1. The lowest BCUT2D eigenvalue weighted by atomic mass is 10.2. The van der Waals surface area contributed by atoms with Gasteiger partial charge in [0.25, 0.3) is 5.56 Å². The Morgan fingerprint density at radius 1 is 1.28 bits per heavy atom. The van der Waals surface area contributed by atoms with E-state index in [-0.39, 0.29) is 11.7 Å². The van der Waals surface area contributed by atoms with Crippen LogP contribution in [0.5, 0.6) is 11.5 Å². The number of aryl methyl sites for hydroxylation is 1. The summed E-state index contributed by atoms with van der Waals surface area (Å²) < 4.78 is 13.6. The number of benzene rings is 2. The summed E-state index contributed by atoms with van der Waals surface area (Å²) >= 11 is 9.90. The summed E-state index contributed by atoms with van der Waals surface area (Å²) in [6.45, 7) is 6.11. The maximum absolute atomic E-state index is 13.2. The monoisotopic (exact) mass is 519 g/mol. The normalized spacial score (nSPS) is 12.4. The van der Waals surface area contributed by atoms with Gasteiger partial charge >= 0.3 is 0 Å². The van der Waals surface area contributed by atoms with E-state index in [1.165, 1.54) is 4.68 Å². The highest BCUT2D eigenvalue weighted by molar-refractivity contribution is 9.10. The standard InChI is InChI=1S/C24H27BrClN3O3/c1-5-7-8-22-28-20-10-9-17(25)13-18(20)24(30)29(22)27-14-16-11-19(26)23(21(12-16)31-4)32-15(3)6-2/h9-15H,5-8H2,1-4H3/t15-/m0/s1. The summed E-state index contributed by atoms with van der Waals surface area (Å²) in [7, 11) is 1.56. The molecule has 1 atom stereocenters. The van der Waals surface area contributed by atoms with Crippen molar-refractivity contribution >= 4 is 44.6 Å². The van der Waals surface area contributed by atoms with Gasteiger partial charge in [0, 0.05) is 10.9 Å². The van der Waals surface area contributed by atoms with Gasteiger partial charge in [0.05, 0.1) is 35.4 Å². The van der Waals surface area contributed by atoms with Crippen LogP contribution >= 0.6 is 27.5 Å². The third kappa shape index (κ3) is 5.51. The molecule has 0 fully saturated rings. The van der Waals surface area contributed by atoms with Crippen LogP contribution in [0.2, 0.25) is 5.02 Å². The van der Waals surface area contributed by atoms with Gasteiger partial charge in [-0.05, 0) is 55.7 Å². The van der Waals surface area contributed by atoms with Gasteiger partial charge in [-0.1, -0.05) is 47.8 Å². The van der Waals surface area contributed by atoms with Crippen molar-refractivity contribution < 1.29 is 9.47 Å². The van der Waals surface area contributed by atoms with Gasteiger partial charge in [0.2, 0.25) is 0 Å². The zero-order chi connectivity index (χ0) is 23.3. The lowest BCUT2D eigenvalue weighted by Gasteiger charge is -2.17. The first-order valence-corrected chi connectivity index (χ1v) is 11.8. The van der Waals surface area contributed by atoms with E-state index in [0.717, 1.165) is 23.7 Å². The molecule has 2 aromatic carbocycles. The maximum Gasteiger partial charge on any atom is 0.282 e. The number of halogens is 2. The van der Waals surface area contributed by atoms with Crippen LogP contribution in [0.4, 0.5) is 0 Å². The lowest BCUT2D eigenvalue weighted by Crippen LogP contribution is -2.22. The number of unbranched alkanes of at least 4 members (excludes halogenated alkanes) is 1. The van der Waals surface area contributed by atoms with Crippen LogP contribution in [-0.4, -0.2) is 29.1 Å². The number of ether oxygens (including phenoxy) is 2. The van der Waals surface area contributed by atoms with E-state index in [1.807, 2.05) is 26.0 Å². The zero-order valence-corrected chi connectivity index (χ0v) is 21.0. The second kappa shape index (κ2) is 11.0. The third-order valence-electron chi connectivity index (χ3n) is 5.10. The molecule has 3 rings (SSSR count). The summed E-state index contributed by atoms with van der Waals surface area (Å²) in [4.78, 5) is 17.9. The van der Waals surface area contributed by atoms with Crippen LogP contribution in [0, 0.1) is 0 Å². The minimum absolute atomic E-state index is 0.00335. The van der Waals surface area contributed by atoms with E-state index in [0.29, 0.717) is 45.2 Å². The van der Waals surface area contributed by atoms with Gasteiger partial charge < -0.3 is 9.47 Å². The number of hydrogen-bond acceptors (Lipinski definition) is 5. The minimum atomic E-state index is -0.214. The van der Waals surface area contributed by atoms with Gasteiger partial charge in [-0.15, -0.1) is 0 Å². The fourth-order valence-electron chi connectivity index (χ4n) is 3.15. The van der Waals surface area contributed by atoms with Crippen molar-refractivity contribution in [2.24, 2.45) is 5.10 Å². The molecule has 0 aliphatic heterocycles. The first-order chi connectivity index (χ1) is 15.4. The van der Waals surface area contributed by atoms with Crippen molar-refractivity contribution in [3.63, 3.8) is 0 Å². The largest absolute Gasteiger partial charge is 0.493 e. The van der Waals surface area contributed by atoms with E-state index in [2.05, 4.69) is 28.0 Å². The highest BCUT2D eigenvalue weighted by Gasteiger charge is 2.15. The number of hydrogen-bond donors (Lipinski definition) is 0. The molecule has 170 valence electrons. The van der Waals surface area contributed by atoms with Crippen molar-refractivity contribution in [2.75, 3.05) is 7.11 Å². The molecule has 0 aliphatic carbocycles. The molecule has 1 heterocycles. The smallest absolute Gasteiger partial charge is 0.282 e. The van der Waals surface area contributed by atoms with Gasteiger partial charge in [-0.25, -0.2) is 4.98 Å². The quantitative estimate of drug-likeness (QED) is 0.314. The van der Waals surface area contributed by atoms with Crippen LogP contribution in [0.3, 0.4) is 0 Å². The predicted molar refractivity (Wildman–Crippen MR) is 134 cm³/mol. The first-order valence-electron chi connectivity index (χ1n) is 10.7. The second-order valence-electron chi connectivity index (χ2n) is 7.53. The van der Waals surface area contributed by atoms with Gasteiger partial charge in [0.1, 0.15) is 5.82 Å². The highest BCUT2D eigenvalue weighted by Crippen LogP contribution is 2.37. The summed E-state index contributed by atoms with van der Waals surface area (Å²) in [6.07, 6.45) is 4.99. The van der Waals surface area contributed by atoms with Gasteiger partial charge in [0.15, 0.2) is 11.5 Å². The molecule has 1 aromatic heterocycles. The molecule has 0 aliphatic rings. The average molecular weight is 521 g/mol. The molecule has 0 radical (unpaired) electrons. The van der Waals surface area contributed by atoms with Crippen LogP contribution in [0.15, 0.2) is 44.7 Å². The van der Waals surface area contributed by atoms with Crippen LogP contribution in [0.1, 0.15) is 51.4 Å². The third-order valence-corrected chi connectivity index (χ3v) is 5.87. The topological polar surface area (TPSA) is 65.7 Å². The summed E-state index contributed by atoms with van der Waals surface area (Å²) in [6, 6.07) is 9.01. The molecule has 8 heteroatoms. The number of fused-ring (bicyclic) bond motifs is 1. The Bertz CT molecular complexity index is 1190. The Hall–Kier alpha value is -2.38. The van der Waals surface area contributed by atoms with Gasteiger partial charge in [-0.3, -0.25) is 4.79 Å². The fourth-order valence-corrected chi connectivity index (χ4v) is 3.77. The SMILES string of the molecule is CCCCc1nc2ccc(Br)cc2c(=O)n1N=Cc1cc(Cl)c(O[C@@H](C)CC)c(OC)c1. The summed E-state index contributed by atoms with van der Waals surface area (Å²) in [5.41, 5.74) is 1.13. The second-order valence-corrected chi connectivity index (χ2v) is 8.85. The molecule has 0 unspecified atom stereocenters. The van der Waals surface area contributed by atoms with E-state index in [4.69, 9.17) is 26.1 Å². The Labute approximate surface area is 201 Å². The minimum Gasteiger partial charge on any atom is -0.493 e. The molecule has 0 amide bonds. The Morgan fingerprint density at radius 3 is 2.75 bits per heavy atom. The highest BCUT2D eigenvalue weighted by atomic mass is 79.9. The molecule has 0 saturated carbocycles. The van der Waals surface area contributed by atoms with Crippen molar-refractivity contribution in [3.8, 4) is 11.5 Å². The Balaban J connectivity index is 2.06. The number of rotatable bonds is 9. The van der Waals surface area contributed by atoms with Crippen molar-refractivity contribution in [3.05, 3.63) is 61.6 Å². The zero-order valence-electron chi connectivity index (χ0n) is 18.7. The molecule has 6 nitrogen and oxygen atoms in total. The fraction of sp³-hybridized carbons (Fsp3) is 0.375. The molecule has 3 aromatic rings. The van der Waals surface area contributed by atoms with Crippen molar-refractivity contribution in [2.45, 2.75) is 52.6 Å². The molecular weight excluding hydrogens is 494 g/mol. The van der Waals surface area contributed by atoms with E-state index >= 15 is 0 Å². The van der Waals surface area contributed by atoms with E-state index < -0.39 is 0 Å². The van der Waals surface area contributed by atoms with Gasteiger partial charge in [-0.2, -0.15) is 9.78 Å². The summed E-state index contributed by atoms with van der Waals surface area (Å²) in [5, 5.41) is 5.40. The Morgan fingerprint density at radius 2 is 2.06 bits per heavy atom. The molecule has 0 N–H and O–H groups in total. The molecule has 32 heavy (non-hydrogen) atoms.